The third-order valence-corrected chi connectivity index (χ3v) is 4.01. The first-order valence-corrected chi connectivity index (χ1v) is 8.19. The van der Waals surface area contributed by atoms with Crippen LogP contribution in [0, 0.1) is 0 Å². The molecule has 5 nitrogen and oxygen atoms in total. The van der Waals surface area contributed by atoms with Gasteiger partial charge in [-0.05, 0) is 44.5 Å². The van der Waals surface area contributed by atoms with Gasteiger partial charge in [0.25, 0.3) is 0 Å². The molecule has 1 aromatic carbocycles. The number of hydrogen-bond acceptors (Lipinski definition) is 3. The number of ether oxygens (including phenoxy) is 1. The summed E-state index contributed by atoms with van der Waals surface area (Å²) in [5, 5.41) is 2.17. The molecule has 3 aromatic heterocycles. The summed E-state index contributed by atoms with van der Waals surface area (Å²) >= 11 is 0. The highest BCUT2D eigenvalue weighted by molar-refractivity contribution is 6.12. The lowest BCUT2D eigenvalue weighted by atomic mass is 10.0. The van der Waals surface area contributed by atoms with Gasteiger partial charge in [-0.15, -0.1) is 0 Å². The van der Waals surface area contributed by atoms with Crippen LogP contribution in [0.5, 0.6) is 0 Å². The number of hydrogen-bond donors (Lipinski definition) is 1. The average molecular weight is 333 g/mol. The molecule has 0 aliphatic rings. The monoisotopic (exact) mass is 333 g/mol. The van der Waals surface area contributed by atoms with E-state index in [4.69, 9.17) is 4.74 Å². The van der Waals surface area contributed by atoms with Gasteiger partial charge in [0.05, 0.1) is 0 Å². The molecule has 3 heterocycles. The molecular weight excluding hydrogens is 314 g/mol. The topological polar surface area (TPSA) is 59.9 Å². The van der Waals surface area contributed by atoms with E-state index in [9.17, 15) is 4.79 Å². The molecular formula is C20H19N3O2. The molecule has 0 fully saturated rings. The third kappa shape index (κ3) is 2.78. The average Bonchev–Trinajstić information content (AvgIpc) is 3.18. The van der Waals surface area contributed by atoms with Crippen molar-refractivity contribution in [1.29, 1.82) is 0 Å². The van der Waals surface area contributed by atoms with Crippen molar-refractivity contribution in [3.8, 4) is 11.1 Å². The summed E-state index contributed by atoms with van der Waals surface area (Å²) in [4.78, 5) is 20.0. The van der Waals surface area contributed by atoms with Gasteiger partial charge in [0.15, 0.2) is 0 Å². The summed E-state index contributed by atoms with van der Waals surface area (Å²) in [6.45, 7) is 5.56. The van der Waals surface area contributed by atoms with Gasteiger partial charge >= 0.3 is 6.09 Å². The fourth-order valence-corrected chi connectivity index (χ4v) is 2.99. The molecule has 126 valence electrons. The fraction of sp³-hybridized carbons (Fsp3) is 0.200. The van der Waals surface area contributed by atoms with Crippen LogP contribution in [0.1, 0.15) is 20.8 Å². The Hall–Kier alpha value is -3.08. The lowest BCUT2D eigenvalue weighted by molar-refractivity contribution is 0.0537. The van der Waals surface area contributed by atoms with Gasteiger partial charge in [-0.3, -0.25) is 4.57 Å². The first kappa shape index (κ1) is 15.4. The van der Waals surface area contributed by atoms with Gasteiger partial charge in [-0.2, -0.15) is 0 Å². The van der Waals surface area contributed by atoms with E-state index < -0.39 is 5.60 Å². The van der Waals surface area contributed by atoms with Gasteiger partial charge in [0, 0.05) is 40.4 Å². The molecule has 0 aliphatic heterocycles. The van der Waals surface area contributed by atoms with E-state index in [1.807, 2.05) is 51.1 Å². The molecule has 0 amide bonds. The van der Waals surface area contributed by atoms with Crippen molar-refractivity contribution < 1.29 is 9.53 Å². The van der Waals surface area contributed by atoms with Crippen LogP contribution in [-0.4, -0.2) is 26.2 Å². The summed E-state index contributed by atoms with van der Waals surface area (Å²) in [7, 11) is 0. The largest absolute Gasteiger partial charge is 0.443 e. The van der Waals surface area contributed by atoms with E-state index >= 15 is 0 Å². The standard InChI is InChI=1S/C20H19N3O2/c1-20(2,3)25-19(24)23-11-9-13(12-23)14-8-10-21-18-17(14)15-6-4-5-7-16(15)22-18/h4-12H,1-3H3,(H,21,22). The summed E-state index contributed by atoms with van der Waals surface area (Å²) in [6, 6.07) is 12.0. The molecule has 25 heavy (non-hydrogen) atoms. The molecule has 0 bridgehead atoms. The summed E-state index contributed by atoms with van der Waals surface area (Å²) in [5.74, 6) is 0. The van der Waals surface area contributed by atoms with Crippen LogP contribution in [-0.2, 0) is 4.74 Å². The number of carbonyl (C=O) groups excluding carboxylic acids is 1. The lowest BCUT2D eigenvalue weighted by Gasteiger charge is -2.19. The summed E-state index contributed by atoms with van der Waals surface area (Å²) in [5.41, 5.74) is 3.34. The number of pyridine rings is 1. The molecule has 0 saturated carbocycles. The van der Waals surface area contributed by atoms with E-state index in [-0.39, 0.29) is 6.09 Å². The Morgan fingerprint density at radius 3 is 2.76 bits per heavy atom. The van der Waals surface area contributed by atoms with Crippen LogP contribution >= 0.6 is 0 Å². The number of benzene rings is 1. The molecule has 4 rings (SSSR count). The Kier molecular flexibility index (Phi) is 3.39. The number of aromatic amines is 1. The van der Waals surface area contributed by atoms with Gasteiger partial charge in [0.1, 0.15) is 11.2 Å². The zero-order valence-electron chi connectivity index (χ0n) is 14.4. The quantitative estimate of drug-likeness (QED) is 0.535. The Morgan fingerprint density at radius 2 is 1.96 bits per heavy atom. The number of fused-ring (bicyclic) bond motifs is 3. The van der Waals surface area contributed by atoms with E-state index in [0.29, 0.717) is 0 Å². The van der Waals surface area contributed by atoms with E-state index in [2.05, 4.69) is 16.0 Å². The maximum atomic E-state index is 12.3. The second kappa shape index (κ2) is 5.48. The number of rotatable bonds is 1. The first-order chi connectivity index (χ1) is 11.9. The number of para-hydroxylation sites is 1. The molecule has 1 N–H and O–H groups in total. The molecule has 5 heteroatoms. The molecule has 0 radical (unpaired) electrons. The van der Waals surface area contributed by atoms with Crippen molar-refractivity contribution in [1.82, 2.24) is 14.5 Å². The van der Waals surface area contributed by atoms with E-state index in [1.165, 1.54) is 4.57 Å². The highest BCUT2D eigenvalue weighted by atomic mass is 16.6. The maximum absolute atomic E-state index is 12.3. The first-order valence-electron chi connectivity index (χ1n) is 8.19. The second-order valence-electron chi connectivity index (χ2n) is 7.04. The van der Waals surface area contributed by atoms with Crippen molar-refractivity contribution in [2.75, 3.05) is 0 Å². The van der Waals surface area contributed by atoms with Crippen LogP contribution in [0.3, 0.4) is 0 Å². The Balaban J connectivity index is 1.82. The summed E-state index contributed by atoms with van der Waals surface area (Å²) in [6.07, 6.45) is 4.91. The molecule has 4 aromatic rings. The third-order valence-electron chi connectivity index (χ3n) is 4.01. The second-order valence-corrected chi connectivity index (χ2v) is 7.04. The molecule has 0 saturated heterocycles. The Morgan fingerprint density at radius 1 is 1.16 bits per heavy atom. The highest BCUT2D eigenvalue weighted by Gasteiger charge is 2.18. The van der Waals surface area contributed by atoms with E-state index in [1.54, 1.807) is 18.6 Å². The highest BCUT2D eigenvalue weighted by Crippen LogP contribution is 2.33. The lowest BCUT2D eigenvalue weighted by Crippen LogP contribution is -2.26. The zero-order valence-corrected chi connectivity index (χ0v) is 14.4. The summed E-state index contributed by atoms with van der Waals surface area (Å²) < 4.78 is 6.90. The van der Waals surface area contributed by atoms with Gasteiger partial charge in [-0.1, -0.05) is 18.2 Å². The normalized spacial score (nSPS) is 12.0. The number of nitrogens with one attached hydrogen (secondary N) is 1. The van der Waals surface area contributed by atoms with E-state index in [0.717, 1.165) is 33.1 Å². The van der Waals surface area contributed by atoms with Crippen molar-refractivity contribution in [2.24, 2.45) is 0 Å². The predicted octanol–water partition coefficient (Wildman–Crippen LogP) is 4.97. The number of nitrogens with zero attached hydrogens (tertiary/aromatic N) is 2. The van der Waals surface area contributed by atoms with Crippen molar-refractivity contribution >= 4 is 28.0 Å². The number of aromatic nitrogens is 3. The Labute approximate surface area is 145 Å². The van der Waals surface area contributed by atoms with Gasteiger partial charge in [-0.25, -0.2) is 9.78 Å². The molecule has 0 aliphatic carbocycles. The predicted molar refractivity (Wildman–Crippen MR) is 98.7 cm³/mol. The van der Waals surface area contributed by atoms with Gasteiger partial charge in [0.2, 0.25) is 0 Å². The zero-order chi connectivity index (χ0) is 17.6. The van der Waals surface area contributed by atoms with Crippen molar-refractivity contribution in [3.63, 3.8) is 0 Å². The van der Waals surface area contributed by atoms with Crippen LogP contribution in [0.15, 0.2) is 55.0 Å². The number of H-pyrrole nitrogens is 1. The van der Waals surface area contributed by atoms with Crippen LogP contribution in [0.25, 0.3) is 33.1 Å². The minimum Gasteiger partial charge on any atom is -0.443 e. The number of carbonyl (C=O) groups is 1. The van der Waals surface area contributed by atoms with Crippen molar-refractivity contribution in [2.45, 2.75) is 26.4 Å². The van der Waals surface area contributed by atoms with Crippen LogP contribution in [0.2, 0.25) is 0 Å². The molecule has 0 spiro atoms. The smallest absolute Gasteiger partial charge is 0.418 e. The molecule has 0 atom stereocenters. The van der Waals surface area contributed by atoms with Crippen LogP contribution < -0.4 is 0 Å². The fourth-order valence-electron chi connectivity index (χ4n) is 2.99. The SMILES string of the molecule is CC(C)(C)OC(=O)n1ccc(-c2ccnc3[nH]c4ccccc4c23)c1. The van der Waals surface area contributed by atoms with Crippen LogP contribution in [0.4, 0.5) is 4.79 Å². The minimum absolute atomic E-state index is 0.386. The maximum Gasteiger partial charge on any atom is 0.418 e. The molecule has 0 unspecified atom stereocenters. The van der Waals surface area contributed by atoms with Gasteiger partial charge < -0.3 is 9.72 Å². The minimum atomic E-state index is -0.526. The van der Waals surface area contributed by atoms with Crippen molar-refractivity contribution in [3.05, 3.63) is 55.0 Å². The Bertz CT molecular complexity index is 1080.